The highest BCUT2D eigenvalue weighted by molar-refractivity contribution is 5.93. The van der Waals surface area contributed by atoms with Crippen LogP contribution >= 0.6 is 0 Å². The maximum absolute atomic E-state index is 4.65. The first kappa shape index (κ1) is 45.2. The number of fused-ring (bicyclic) bond motifs is 2. The van der Waals surface area contributed by atoms with E-state index in [1.54, 1.807) is 0 Å². The van der Waals surface area contributed by atoms with Crippen molar-refractivity contribution in [1.82, 2.24) is 0 Å². The third-order valence-electron chi connectivity index (χ3n) is 12.1. The van der Waals surface area contributed by atoms with E-state index in [1.165, 1.54) is 72.4 Å². The van der Waals surface area contributed by atoms with Crippen molar-refractivity contribution in [2.75, 3.05) is 11.4 Å². The topological polar surface area (TPSA) is 3.24 Å². The smallest absolute Gasteiger partial charge is 0.0487 e. The molecule has 308 valence electrons. The lowest BCUT2D eigenvalue weighted by Crippen LogP contribution is -2.23. The largest absolute Gasteiger partial charge is 0.338 e. The second-order valence-corrected chi connectivity index (χ2v) is 16.9. The fourth-order valence-electron chi connectivity index (χ4n) is 8.31. The molecule has 1 nitrogen and oxygen atoms in total. The van der Waals surface area contributed by atoms with Crippen LogP contribution < -0.4 is 4.90 Å². The lowest BCUT2D eigenvalue weighted by atomic mass is 9.75. The summed E-state index contributed by atoms with van der Waals surface area (Å²) in [5.41, 5.74) is 19.3. The van der Waals surface area contributed by atoms with Crippen LogP contribution in [0.3, 0.4) is 0 Å². The minimum Gasteiger partial charge on any atom is -0.338 e. The first-order valence-corrected chi connectivity index (χ1v) is 21.8. The van der Waals surface area contributed by atoms with Gasteiger partial charge < -0.3 is 4.90 Å². The second kappa shape index (κ2) is 20.4. The van der Waals surface area contributed by atoms with E-state index in [1.807, 2.05) is 50.2 Å². The average Bonchev–Trinajstić information content (AvgIpc) is 3.49. The van der Waals surface area contributed by atoms with Crippen LogP contribution in [0.15, 0.2) is 193 Å². The van der Waals surface area contributed by atoms with Gasteiger partial charge in [-0.1, -0.05) is 228 Å². The number of allylic oxidation sites excluding steroid dienone is 5. The van der Waals surface area contributed by atoms with Crippen molar-refractivity contribution < 1.29 is 0 Å². The molecule has 1 aliphatic heterocycles. The number of nitrogens with zero attached hydrogens (tertiary/aromatic N) is 1. The third-order valence-corrected chi connectivity index (χ3v) is 12.1. The van der Waals surface area contributed by atoms with Gasteiger partial charge in [-0.15, -0.1) is 0 Å². The van der Waals surface area contributed by atoms with E-state index in [0.29, 0.717) is 0 Å². The highest BCUT2D eigenvalue weighted by Gasteiger charge is 2.36. The van der Waals surface area contributed by atoms with E-state index in [9.17, 15) is 0 Å². The van der Waals surface area contributed by atoms with Gasteiger partial charge in [0.2, 0.25) is 0 Å². The van der Waals surface area contributed by atoms with Crippen LogP contribution in [0.5, 0.6) is 0 Å². The fraction of sp³-hybridized carbons (Fsp3) is 0.254. The SMILES string of the molecule is C=C1/C=C(\C)C(C)(C)c2ccccc2/C(=C/C2=C(CC)C(C)(C)c3ccccc32)CN1c1ccc(-c2ccc(C)cc2)cc1.CC.Cc1ccccc1.Cc1ccccc1. The molecule has 0 bridgehead atoms. The Bertz CT molecular complexity index is 2380. The third kappa shape index (κ3) is 10.4. The number of benzene rings is 6. The molecule has 8 rings (SSSR count). The first-order valence-electron chi connectivity index (χ1n) is 21.8. The van der Waals surface area contributed by atoms with Gasteiger partial charge in [0.05, 0.1) is 0 Å². The van der Waals surface area contributed by atoms with Crippen LogP contribution in [0.2, 0.25) is 0 Å². The Hall–Kier alpha value is -5.92. The van der Waals surface area contributed by atoms with E-state index in [2.05, 4.69) is 207 Å². The molecular formula is C59H67N. The molecule has 0 atom stereocenters. The molecule has 1 heterocycles. The molecule has 6 aromatic rings. The summed E-state index contributed by atoms with van der Waals surface area (Å²) in [6.07, 6.45) is 5.81. The van der Waals surface area contributed by atoms with Gasteiger partial charge in [-0.3, -0.25) is 0 Å². The molecule has 2 aliphatic rings. The van der Waals surface area contributed by atoms with Crippen molar-refractivity contribution in [3.8, 4) is 11.1 Å². The van der Waals surface area contributed by atoms with E-state index >= 15 is 0 Å². The predicted octanol–water partition coefficient (Wildman–Crippen LogP) is 16.5. The minimum absolute atomic E-state index is 0.00225. The zero-order valence-corrected chi connectivity index (χ0v) is 38.2. The van der Waals surface area contributed by atoms with Crippen LogP contribution in [-0.4, -0.2) is 6.54 Å². The molecule has 0 saturated carbocycles. The number of hydrogen-bond donors (Lipinski definition) is 0. The normalized spacial score (nSPS) is 16.4. The summed E-state index contributed by atoms with van der Waals surface area (Å²) >= 11 is 0. The van der Waals surface area contributed by atoms with Crippen molar-refractivity contribution in [2.24, 2.45) is 0 Å². The Morgan fingerprint density at radius 2 is 0.967 bits per heavy atom. The molecular weight excluding hydrogens is 723 g/mol. The lowest BCUT2D eigenvalue weighted by Gasteiger charge is -2.29. The molecule has 6 aromatic carbocycles. The van der Waals surface area contributed by atoms with E-state index in [0.717, 1.165) is 24.4 Å². The summed E-state index contributed by atoms with van der Waals surface area (Å²) < 4.78 is 0. The molecule has 60 heavy (non-hydrogen) atoms. The Balaban J connectivity index is 0.000000357. The zero-order valence-electron chi connectivity index (χ0n) is 38.2. The van der Waals surface area contributed by atoms with Crippen molar-refractivity contribution in [2.45, 2.75) is 93.4 Å². The second-order valence-electron chi connectivity index (χ2n) is 16.9. The van der Waals surface area contributed by atoms with Gasteiger partial charge in [0.15, 0.2) is 0 Å². The summed E-state index contributed by atoms with van der Waals surface area (Å²) in [4.78, 5) is 2.39. The zero-order chi connectivity index (χ0) is 43.5. The van der Waals surface area contributed by atoms with Crippen molar-refractivity contribution in [3.05, 3.63) is 232 Å². The summed E-state index contributed by atoms with van der Waals surface area (Å²) in [6.45, 7) is 29.7. The van der Waals surface area contributed by atoms with Gasteiger partial charge in [-0.2, -0.15) is 0 Å². The number of anilines is 1. The maximum atomic E-state index is 4.65. The quantitative estimate of drug-likeness (QED) is 0.172. The van der Waals surface area contributed by atoms with Crippen LogP contribution in [0.1, 0.15) is 101 Å². The fourth-order valence-corrected chi connectivity index (χ4v) is 8.31. The number of rotatable bonds is 4. The van der Waals surface area contributed by atoms with E-state index in [4.69, 9.17) is 0 Å². The summed E-state index contributed by atoms with van der Waals surface area (Å²) in [5, 5.41) is 0. The molecule has 0 saturated heterocycles. The van der Waals surface area contributed by atoms with Crippen molar-refractivity contribution in [1.29, 1.82) is 0 Å². The molecule has 0 radical (unpaired) electrons. The molecule has 0 unspecified atom stereocenters. The molecule has 0 spiro atoms. The monoisotopic (exact) mass is 790 g/mol. The van der Waals surface area contributed by atoms with Crippen molar-refractivity contribution >= 4 is 16.8 Å². The standard InChI is InChI=1S/C43H45N.2C7H8.C2H6/c1-9-39-38(37-15-11-13-17-41(37)43(39,7)8)27-34-28-44(35-24-22-33(23-25-35)32-20-18-29(2)19-21-32)31(4)26-30(3)42(5,6)40-16-12-10-14-36(34)40;2*1-7-5-3-2-4-6-7;1-2/h10-27H,4,9,28H2,1-3,5-8H3;2*2-6H,1H3;1-2H3/b30-26+,34-27+;;;. The highest BCUT2D eigenvalue weighted by Crippen LogP contribution is 2.49. The summed E-state index contributed by atoms with van der Waals surface area (Å²) in [7, 11) is 0. The molecule has 0 aromatic heterocycles. The molecule has 0 N–H and O–H groups in total. The predicted molar refractivity (Wildman–Crippen MR) is 265 cm³/mol. The molecule has 1 aliphatic carbocycles. The van der Waals surface area contributed by atoms with E-state index in [-0.39, 0.29) is 10.8 Å². The van der Waals surface area contributed by atoms with Gasteiger partial charge in [0.1, 0.15) is 0 Å². The number of hydrogen-bond acceptors (Lipinski definition) is 1. The van der Waals surface area contributed by atoms with Crippen LogP contribution in [0.25, 0.3) is 22.3 Å². The Kier molecular flexibility index (Phi) is 15.3. The Morgan fingerprint density at radius 1 is 0.533 bits per heavy atom. The Labute approximate surface area is 363 Å². The van der Waals surface area contributed by atoms with Gasteiger partial charge in [0.25, 0.3) is 0 Å². The Morgan fingerprint density at radius 3 is 1.45 bits per heavy atom. The number of aryl methyl sites for hydroxylation is 3. The van der Waals surface area contributed by atoms with Gasteiger partial charge in [-0.25, -0.2) is 0 Å². The molecule has 0 fully saturated rings. The highest BCUT2D eigenvalue weighted by atomic mass is 15.1. The first-order chi connectivity index (χ1) is 28.8. The average molecular weight is 790 g/mol. The van der Waals surface area contributed by atoms with Gasteiger partial charge in [-0.05, 0) is 103 Å². The van der Waals surface area contributed by atoms with E-state index < -0.39 is 0 Å². The van der Waals surface area contributed by atoms with Crippen LogP contribution in [-0.2, 0) is 10.8 Å². The lowest BCUT2D eigenvalue weighted by molar-refractivity contribution is 0.617. The van der Waals surface area contributed by atoms with Crippen molar-refractivity contribution in [3.63, 3.8) is 0 Å². The van der Waals surface area contributed by atoms with Gasteiger partial charge in [0, 0.05) is 28.8 Å². The minimum atomic E-state index is -0.154. The molecule has 1 heteroatoms. The van der Waals surface area contributed by atoms with Gasteiger partial charge >= 0.3 is 0 Å². The maximum Gasteiger partial charge on any atom is 0.0487 e. The van der Waals surface area contributed by atoms with Crippen LogP contribution in [0.4, 0.5) is 5.69 Å². The van der Waals surface area contributed by atoms with Crippen LogP contribution in [0, 0.1) is 20.8 Å². The summed E-state index contributed by atoms with van der Waals surface area (Å²) in [5.74, 6) is 0. The molecule has 0 amide bonds. The summed E-state index contributed by atoms with van der Waals surface area (Å²) in [6, 6.07) is 56.3.